The molecule has 4 aliphatic carbocycles. The maximum atomic E-state index is 13.4. The minimum Gasteiger partial charge on any atom is -0.444 e. The quantitative estimate of drug-likeness (QED) is 0.279. The Hall–Kier alpha value is -2.72. The van der Waals surface area contributed by atoms with Crippen LogP contribution in [0.25, 0.3) is 0 Å². The Labute approximate surface area is 248 Å². The summed E-state index contributed by atoms with van der Waals surface area (Å²) in [6, 6.07) is 0. The molecule has 10 nitrogen and oxygen atoms in total. The van der Waals surface area contributed by atoms with Crippen LogP contribution >= 0.6 is 0 Å². The first-order valence-corrected chi connectivity index (χ1v) is 15.2. The van der Waals surface area contributed by atoms with E-state index in [2.05, 4.69) is 19.2 Å². The Morgan fingerprint density at radius 2 is 1.86 bits per heavy atom. The highest BCUT2D eigenvalue weighted by Gasteiger charge is 2.68. The van der Waals surface area contributed by atoms with E-state index < -0.39 is 52.8 Å². The summed E-state index contributed by atoms with van der Waals surface area (Å²) in [5, 5.41) is 26.0. The van der Waals surface area contributed by atoms with Crippen molar-refractivity contribution in [3.05, 3.63) is 23.8 Å². The van der Waals surface area contributed by atoms with Crippen LogP contribution in [-0.2, 0) is 23.8 Å². The number of aliphatic hydroxyl groups is 2. The zero-order valence-corrected chi connectivity index (χ0v) is 25.7. The molecule has 0 aromatic rings. The molecular weight excluding hydrogens is 542 g/mol. The predicted molar refractivity (Wildman–Crippen MR) is 153 cm³/mol. The first-order chi connectivity index (χ1) is 19.5. The van der Waals surface area contributed by atoms with Gasteiger partial charge >= 0.3 is 12.2 Å². The average Bonchev–Trinajstić information content (AvgIpc) is 3.15. The SMILES string of the molecule is C[C@H]1C[C@@H]2[C@H]([C@@H](O)C[C@@]3(C)[C@H]2CC[C@]3(O)C(=O)COC(=O)OCCCCNC(=O)OC(C)(C)C)[C@@]2(C)C=CC(=O)C=C12. The van der Waals surface area contributed by atoms with Crippen molar-refractivity contribution in [2.45, 2.75) is 97.4 Å². The number of nitrogens with one attached hydrogen (secondary N) is 1. The van der Waals surface area contributed by atoms with E-state index in [9.17, 15) is 29.4 Å². The van der Waals surface area contributed by atoms with Crippen molar-refractivity contribution < 1.29 is 43.6 Å². The lowest BCUT2D eigenvalue weighted by molar-refractivity contribution is -0.180. The number of ketones is 2. The molecule has 0 radical (unpaired) electrons. The molecule has 3 N–H and O–H groups in total. The van der Waals surface area contributed by atoms with Crippen molar-refractivity contribution >= 4 is 23.8 Å². The molecule has 0 saturated heterocycles. The smallest absolute Gasteiger partial charge is 0.444 e. The number of unbranched alkanes of at least 4 members (excludes halogenated alkanes) is 1. The molecule has 234 valence electrons. The molecule has 4 aliphatic rings. The van der Waals surface area contributed by atoms with Gasteiger partial charge in [-0.15, -0.1) is 0 Å². The second kappa shape index (κ2) is 11.8. The third-order valence-corrected chi connectivity index (χ3v) is 10.2. The maximum Gasteiger partial charge on any atom is 0.508 e. The minimum absolute atomic E-state index is 0.00653. The van der Waals surface area contributed by atoms with Crippen LogP contribution in [0.1, 0.15) is 80.1 Å². The fourth-order valence-electron chi connectivity index (χ4n) is 8.39. The molecule has 0 heterocycles. The van der Waals surface area contributed by atoms with Gasteiger partial charge in [-0.25, -0.2) is 9.59 Å². The van der Waals surface area contributed by atoms with Crippen molar-refractivity contribution in [3.63, 3.8) is 0 Å². The summed E-state index contributed by atoms with van der Waals surface area (Å²) in [5.74, 6) is -0.548. The molecular formula is C32H47NO9. The number of ether oxygens (including phenoxy) is 3. The van der Waals surface area contributed by atoms with Gasteiger partial charge in [-0.05, 0) is 89.2 Å². The van der Waals surface area contributed by atoms with Gasteiger partial charge in [-0.2, -0.15) is 0 Å². The average molecular weight is 590 g/mol. The largest absolute Gasteiger partial charge is 0.508 e. The summed E-state index contributed by atoms with van der Waals surface area (Å²) in [6.07, 6.45) is 5.84. The van der Waals surface area contributed by atoms with Crippen molar-refractivity contribution in [1.29, 1.82) is 0 Å². The predicted octanol–water partition coefficient (Wildman–Crippen LogP) is 4.27. The van der Waals surface area contributed by atoms with Crippen LogP contribution in [0, 0.1) is 34.5 Å². The van der Waals surface area contributed by atoms with Gasteiger partial charge in [0.15, 0.2) is 12.4 Å². The fraction of sp³-hybridized carbons (Fsp3) is 0.750. The molecule has 3 fully saturated rings. The van der Waals surface area contributed by atoms with Crippen molar-refractivity contribution in [2.75, 3.05) is 19.8 Å². The lowest BCUT2D eigenvalue weighted by Gasteiger charge is -2.60. The number of carbonyl (C=O) groups is 4. The number of hydrogen-bond acceptors (Lipinski definition) is 9. The summed E-state index contributed by atoms with van der Waals surface area (Å²) in [5.41, 5.74) is -2.61. The summed E-state index contributed by atoms with van der Waals surface area (Å²) in [6.45, 7) is 11.2. The fourth-order valence-corrected chi connectivity index (χ4v) is 8.39. The van der Waals surface area contributed by atoms with E-state index >= 15 is 0 Å². The number of allylic oxidation sites excluding steroid dienone is 4. The highest BCUT2D eigenvalue weighted by Crippen LogP contribution is 2.67. The highest BCUT2D eigenvalue weighted by atomic mass is 16.7. The molecule has 4 rings (SSSR count). The lowest BCUT2D eigenvalue weighted by Crippen LogP contribution is -2.62. The Balaban J connectivity index is 1.30. The van der Waals surface area contributed by atoms with Gasteiger partial charge in [0.2, 0.25) is 5.78 Å². The Bertz CT molecular complexity index is 1160. The van der Waals surface area contributed by atoms with Crippen LogP contribution in [0.4, 0.5) is 9.59 Å². The number of Topliss-reactive ketones (excluding diaryl/α,β-unsaturated/α-hetero) is 1. The molecule has 3 saturated carbocycles. The monoisotopic (exact) mass is 589 g/mol. The lowest BCUT2D eigenvalue weighted by atomic mass is 9.45. The molecule has 8 atom stereocenters. The molecule has 42 heavy (non-hydrogen) atoms. The number of rotatable bonds is 8. The number of aliphatic hydroxyl groups excluding tert-OH is 1. The van der Waals surface area contributed by atoms with E-state index in [1.165, 1.54) is 0 Å². The van der Waals surface area contributed by atoms with E-state index in [-0.39, 0.29) is 48.9 Å². The Morgan fingerprint density at radius 3 is 2.55 bits per heavy atom. The summed E-state index contributed by atoms with van der Waals surface area (Å²) in [7, 11) is 0. The molecule has 0 aromatic heterocycles. The molecule has 0 aromatic carbocycles. The maximum absolute atomic E-state index is 13.4. The van der Waals surface area contributed by atoms with Crippen LogP contribution in [0.3, 0.4) is 0 Å². The molecule has 0 aliphatic heterocycles. The molecule has 1 amide bonds. The van der Waals surface area contributed by atoms with Crippen LogP contribution in [0.15, 0.2) is 23.8 Å². The molecule has 10 heteroatoms. The first-order valence-electron chi connectivity index (χ1n) is 15.2. The van der Waals surface area contributed by atoms with E-state index in [1.54, 1.807) is 32.9 Å². The highest BCUT2D eigenvalue weighted by molar-refractivity contribution is 6.01. The van der Waals surface area contributed by atoms with Crippen LogP contribution in [0.2, 0.25) is 0 Å². The van der Waals surface area contributed by atoms with E-state index in [4.69, 9.17) is 14.2 Å². The Kier molecular flexibility index (Phi) is 9.01. The van der Waals surface area contributed by atoms with Gasteiger partial charge in [-0.1, -0.05) is 32.4 Å². The number of amides is 1. The number of hydrogen-bond donors (Lipinski definition) is 3. The van der Waals surface area contributed by atoms with Crippen LogP contribution in [0.5, 0.6) is 0 Å². The zero-order valence-electron chi connectivity index (χ0n) is 25.7. The first kappa shape index (κ1) is 32.2. The normalized spacial score (nSPS) is 37.1. The molecule has 0 spiro atoms. The van der Waals surface area contributed by atoms with Gasteiger partial charge < -0.3 is 29.7 Å². The van der Waals surface area contributed by atoms with Gasteiger partial charge in [-0.3, -0.25) is 9.59 Å². The van der Waals surface area contributed by atoms with Gasteiger partial charge in [0.25, 0.3) is 0 Å². The van der Waals surface area contributed by atoms with Gasteiger partial charge in [0.05, 0.1) is 12.7 Å². The second-order valence-corrected chi connectivity index (χ2v) is 14.1. The summed E-state index contributed by atoms with van der Waals surface area (Å²) >= 11 is 0. The van der Waals surface area contributed by atoms with E-state index in [0.29, 0.717) is 25.8 Å². The van der Waals surface area contributed by atoms with Crippen LogP contribution in [-0.4, -0.2) is 71.1 Å². The minimum atomic E-state index is -1.74. The van der Waals surface area contributed by atoms with Crippen molar-refractivity contribution in [1.82, 2.24) is 5.32 Å². The molecule has 0 unspecified atom stereocenters. The summed E-state index contributed by atoms with van der Waals surface area (Å²) in [4.78, 5) is 49.4. The van der Waals surface area contributed by atoms with Gasteiger partial charge in [0, 0.05) is 23.3 Å². The number of carbonyl (C=O) groups excluding carboxylic acids is 4. The van der Waals surface area contributed by atoms with Crippen molar-refractivity contribution in [2.24, 2.45) is 34.5 Å². The summed E-state index contributed by atoms with van der Waals surface area (Å²) < 4.78 is 15.3. The van der Waals surface area contributed by atoms with Gasteiger partial charge in [0.1, 0.15) is 11.2 Å². The van der Waals surface area contributed by atoms with E-state index in [0.717, 1.165) is 12.0 Å². The Morgan fingerprint density at radius 1 is 1.14 bits per heavy atom. The zero-order chi connectivity index (χ0) is 31.1. The van der Waals surface area contributed by atoms with Crippen LogP contribution < -0.4 is 5.32 Å². The molecule has 0 bridgehead atoms. The standard InChI is InChI=1S/C32H47NO9/c1-19-15-21-22-10-12-32(39,31(22,6)17-24(35)26(21)30(5)11-9-20(34)16-23(19)30)25(36)18-41-28(38)40-14-8-7-13-33-27(37)42-29(2,3)4/h9,11,16,19,21-22,24,26,35,39H,7-8,10,12-15,17-18H2,1-6H3,(H,33,37)/t19-,21-,22-,24-,26+,30-,31-,32-/m0/s1. The van der Waals surface area contributed by atoms with E-state index in [1.807, 2.05) is 13.0 Å². The third kappa shape index (κ3) is 6.02. The topological polar surface area (TPSA) is 148 Å². The number of fused-ring (bicyclic) bond motifs is 5. The third-order valence-electron chi connectivity index (χ3n) is 10.2. The second-order valence-electron chi connectivity index (χ2n) is 14.1. The van der Waals surface area contributed by atoms with Crippen molar-refractivity contribution in [3.8, 4) is 0 Å². The number of alkyl carbamates (subject to hydrolysis) is 1.